The molecule has 8 heteroatoms. The second kappa shape index (κ2) is 12.5. The molecule has 0 aliphatic heterocycles. The topological polar surface area (TPSA) is 86.8 Å². The van der Waals surface area contributed by atoms with Crippen LogP contribution < -0.4 is 9.62 Å². The molecule has 0 saturated carbocycles. The molecular weight excluding hydrogens is 510 g/mol. The van der Waals surface area contributed by atoms with Crippen molar-refractivity contribution in [2.75, 3.05) is 17.1 Å². The first-order valence-corrected chi connectivity index (χ1v) is 14.8. The van der Waals surface area contributed by atoms with Crippen molar-refractivity contribution in [3.63, 3.8) is 0 Å². The summed E-state index contributed by atoms with van der Waals surface area (Å²) in [6.07, 6.45) is 1.37. The molecule has 0 heterocycles. The zero-order chi connectivity index (χ0) is 28.8. The lowest BCUT2D eigenvalue weighted by Crippen LogP contribution is -2.56. The molecule has 3 aromatic carbocycles. The molecule has 39 heavy (non-hydrogen) atoms. The Morgan fingerprint density at radius 1 is 0.846 bits per heavy atom. The third-order valence-electron chi connectivity index (χ3n) is 6.17. The molecule has 0 aliphatic carbocycles. The molecule has 0 aliphatic rings. The van der Waals surface area contributed by atoms with Crippen LogP contribution >= 0.6 is 0 Å². The number of carbonyl (C=O) groups is 2. The van der Waals surface area contributed by atoms with Gasteiger partial charge in [0.25, 0.3) is 0 Å². The zero-order valence-electron chi connectivity index (χ0n) is 23.6. The lowest BCUT2D eigenvalue weighted by Gasteiger charge is -2.35. The number of anilines is 1. The van der Waals surface area contributed by atoms with Gasteiger partial charge in [-0.2, -0.15) is 0 Å². The number of nitrogens with one attached hydrogen (secondary N) is 1. The number of amides is 2. The highest BCUT2D eigenvalue weighted by atomic mass is 32.2. The Morgan fingerprint density at radius 2 is 1.44 bits per heavy atom. The van der Waals surface area contributed by atoms with Crippen molar-refractivity contribution in [1.29, 1.82) is 0 Å². The summed E-state index contributed by atoms with van der Waals surface area (Å²) in [6.45, 7) is 9.22. The number of hydrogen-bond donors (Lipinski definition) is 1. The van der Waals surface area contributed by atoms with Crippen LogP contribution in [0.5, 0.6) is 0 Å². The highest BCUT2D eigenvalue weighted by Gasteiger charge is 2.34. The number of carbonyl (C=O) groups excluding carboxylic acids is 2. The van der Waals surface area contributed by atoms with Crippen LogP contribution in [0.4, 0.5) is 5.69 Å². The molecule has 7 nitrogen and oxygen atoms in total. The monoisotopic (exact) mass is 549 g/mol. The summed E-state index contributed by atoms with van der Waals surface area (Å²) < 4.78 is 26.8. The maximum atomic E-state index is 14.1. The third kappa shape index (κ3) is 8.96. The van der Waals surface area contributed by atoms with Gasteiger partial charge in [-0.25, -0.2) is 8.42 Å². The van der Waals surface area contributed by atoms with Crippen LogP contribution in [-0.4, -0.2) is 49.5 Å². The van der Waals surface area contributed by atoms with E-state index < -0.39 is 34.1 Å². The van der Waals surface area contributed by atoms with Gasteiger partial charge in [0.2, 0.25) is 21.8 Å². The molecule has 0 aromatic heterocycles. The number of benzene rings is 3. The predicted molar refractivity (Wildman–Crippen MR) is 157 cm³/mol. The Labute approximate surface area is 232 Å². The van der Waals surface area contributed by atoms with E-state index >= 15 is 0 Å². The van der Waals surface area contributed by atoms with E-state index in [0.717, 1.165) is 32.8 Å². The smallest absolute Gasteiger partial charge is 0.244 e. The van der Waals surface area contributed by atoms with Crippen LogP contribution in [0.2, 0.25) is 0 Å². The number of aryl methyl sites for hydroxylation is 2. The van der Waals surface area contributed by atoms with Crippen molar-refractivity contribution in [2.24, 2.45) is 0 Å². The minimum atomic E-state index is -3.79. The van der Waals surface area contributed by atoms with Gasteiger partial charge in [-0.3, -0.25) is 13.9 Å². The SMILES string of the molecule is Cc1cccc(CN(C(=O)CN(c2cccc(C)c2)S(C)(=O)=O)C(Cc2ccccc2)C(=O)NC(C)(C)C)c1. The van der Waals surface area contributed by atoms with E-state index in [9.17, 15) is 18.0 Å². The first kappa shape index (κ1) is 29.9. The van der Waals surface area contributed by atoms with Gasteiger partial charge in [0.05, 0.1) is 11.9 Å². The van der Waals surface area contributed by atoms with E-state index in [1.54, 1.807) is 18.2 Å². The van der Waals surface area contributed by atoms with E-state index in [1.165, 1.54) is 4.90 Å². The molecule has 1 atom stereocenters. The Morgan fingerprint density at radius 3 is 2.00 bits per heavy atom. The molecule has 0 radical (unpaired) electrons. The van der Waals surface area contributed by atoms with Crippen molar-refractivity contribution in [3.05, 3.63) is 101 Å². The average Bonchev–Trinajstić information content (AvgIpc) is 2.83. The Kier molecular flexibility index (Phi) is 9.56. The molecule has 208 valence electrons. The van der Waals surface area contributed by atoms with Crippen LogP contribution in [0.25, 0.3) is 0 Å². The second-order valence-corrected chi connectivity index (χ2v) is 13.0. The fourth-order valence-electron chi connectivity index (χ4n) is 4.41. The molecule has 3 aromatic rings. The molecule has 2 amide bonds. The zero-order valence-corrected chi connectivity index (χ0v) is 24.5. The average molecular weight is 550 g/mol. The van der Waals surface area contributed by atoms with Gasteiger partial charge < -0.3 is 10.2 Å². The number of sulfonamides is 1. The van der Waals surface area contributed by atoms with Crippen molar-refractivity contribution in [3.8, 4) is 0 Å². The fourth-order valence-corrected chi connectivity index (χ4v) is 5.25. The second-order valence-electron chi connectivity index (χ2n) is 11.1. The van der Waals surface area contributed by atoms with Crippen molar-refractivity contribution in [2.45, 2.75) is 59.2 Å². The fraction of sp³-hybridized carbons (Fsp3) is 0.355. The Bertz CT molecular complexity index is 1400. The van der Waals surface area contributed by atoms with Gasteiger partial charge in [-0.15, -0.1) is 0 Å². The maximum Gasteiger partial charge on any atom is 0.244 e. The maximum absolute atomic E-state index is 14.1. The summed E-state index contributed by atoms with van der Waals surface area (Å²) in [5, 5.41) is 3.03. The van der Waals surface area contributed by atoms with Crippen molar-refractivity contribution >= 4 is 27.5 Å². The normalized spacial score (nSPS) is 12.5. The highest BCUT2D eigenvalue weighted by molar-refractivity contribution is 7.92. The number of hydrogen-bond acceptors (Lipinski definition) is 4. The first-order chi connectivity index (χ1) is 18.2. The molecule has 0 fully saturated rings. The van der Waals surface area contributed by atoms with E-state index in [2.05, 4.69) is 5.32 Å². The molecule has 1 N–H and O–H groups in total. The molecular formula is C31H39N3O4S. The van der Waals surface area contributed by atoms with Crippen LogP contribution in [0, 0.1) is 13.8 Å². The number of nitrogens with zero attached hydrogens (tertiary/aromatic N) is 2. The first-order valence-electron chi connectivity index (χ1n) is 13.0. The minimum Gasteiger partial charge on any atom is -0.350 e. The summed E-state index contributed by atoms with van der Waals surface area (Å²) in [7, 11) is -3.79. The van der Waals surface area contributed by atoms with Gasteiger partial charge in [-0.05, 0) is 63.4 Å². The lowest BCUT2D eigenvalue weighted by molar-refractivity contribution is -0.140. The van der Waals surface area contributed by atoms with Crippen LogP contribution in [0.15, 0.2) is 78.9 Å². The van der Waals surface area contributed by atoms with Crippen molar-refractivity contribution in [1.82, 2.24) is 10.2 Å². The van der Waals surface area contributed by atoms with E-state index in [-0.39, 0.29) is 18.9 Å². The standard InChI is InChI=1S/C31H39N3O4S/c1-23-12-10-16-26(18-23)21-33(28(30(36)32-31(3,4)5)20-25-14-8-7-9-15-25)29(35)22-34(39(6,37)38)27-17-11-13-24(2)19-27/h7-19,28H,20-22H2,1-6H3,(H,32,36). The molecule has 0 spiro atoms. The molecule has 3 rings (SSSR count). The van der Waals surface area contributed by atoms with E-state index in [1.807, 2.05) is 95.3 Å². The van der Waals surface area contributed by atoms with Gasteiger partial charge in [-0.1, -0.05) is 72.3 Å². The largest absolute Gasteiger partial charge is 0.350 e. The van der Waals surface area contributed by atoms with E-state index in [4.69, 9.17) is 0 Å². The third-order valence-corrected chi connectivity index (χ3v) is 7.31. The van der Waals surface area contributed by atoms with Gasteiger partial charge in [0, 0.05) is 18.5 Å². The Hall–Kier alpha value is -3.65. The summed E-state index contributed by atoms with van der Waals surface area (Å²) in [5.41, 5.74) is 3.52. The van der Waals surface area contributed by atoms with Crippen LogP contribution in [-0.2, 0) is 32.6 Å². The highest BCUT2D eigenvalue weighted by Crippen LogP contribution is 2.22. The molecule has 0 saturated heterocycles. The van der Waals surface area contributed by atoms with Gasteiger partial charge in [0.15, 0.2) is 0 Å². The lowest BCUT2D eigenvalue weighted by atomic mass is 10.0. The Balaban J connectivity index is 2.08. The van der Waals surface area contributed by atoms with Gasteiger partial charge in [0.1, 0.15) is 12.6 Å². The quantitative estimate of drug-likeness (QED) is 0.400. The van der Waals surface area contributed by atoms with Crippen LogP contribution in [0.3, 0.4) is 0 Å². The molecule has 0 bridgehead atoms. The van der Waals surface area contributed by atoms with Crippen LogP contribution in [0.1, 0.15) is 43.0 Å². The predicted octanol–water partition coefficient (Wildman–Crippen LogP) is 4.62. The van der Waals surface area contributed by atoms with E-state index in [0.29, 0.717) is 5.69 Å². The summed E-state index contributed by atoms with van der Waals surface area (Å²) in [4.78, 5) is 29.3. The summed E-state index contributed by atoms with van der Waals surface area (Å²) in [6, 6.07) is 23.4. The summed E-state index contributed by atoms with van der Waals surface area (Å²) in [5.74, 6) is -0.762. The summed E-state index contributed by atoms with van der Waals surface area (Å²) >= 11 is 0. The van der Waals surface area contributed by atoms with Gasteiger partial charge >= 0.3 is 0 Å². The number of rotatable bonds is 10. The minimum absolute atomic E-state index is 0.154. The van der Waals surface area contributed by atoms with Crippen molar-refractivity contribution < 1.29 is 18.0 Å². The molecule has 1 unspecified atom stereocenters.